The topological polar surface area (TPSA) is 44.4 Å². The monoisotopic (exact) mass is 349 g/mol. The van der Waals surface area contributed by atoms with Gasteiger partial charge in [-0.15, -0.1) is 24.8 Å². The lowest BCUT2D eigenvalue weighted by molar-refractivity contribution is 0.0954. The quantitative estimate of drug-likeness (QED) is 0.673. The molecule has 0 heterocycles. The Bertz CT molecular complexity index is 399. The summed E-state index contributed by atoms with van der Waals surface area (Å²) in [5.41, 5.74) is 1.90. The number of hydrogen-bond acceptors (Lipinski definition) is 3. The molecule has 1 aromatic rings. The van der Waals surface area contributed by atoms with E-state index in [2.05, 4.69) is 36.3 Å². The van der Waals surface area contributed by atoms with Crippen LogP contribution in [0.3, 0.4) is 0 Å². The number of likely N-dealkylation sites (N-methyl/N-ethyl adjacent to an activating group) is 1. The Balaban J connectivity index is 0. The van der Waals surface area contributed by atoms with Crippen molar-refractivity contribution in [2.75, 3.05) is 37.6 Å². The maximum absolute atomic E-state index is 11.9. The van der Waals surface area contributed by atoms with Crippen LogP contribution in [-0.4, -0.2) is 38.6 Å². The van der Waals surface area contributed by atoms with E-state index in [0.717, 1.165) is 38.2 Å². The van der Waals surface area contributed by atoms with Crippen LogP contribution >= 0.6 is 24.8 Å². The van der Waals surface area contributed by atoms with E-state index in [0.29, 0.717) is 6.54 Å². The van der Waals surface area contributed by atoms with Crippen molar-refractivity contribution >= 4 is 36.4 Å². The van der Waals surface area contributed by atoms with Crippen molar-refractivity contribution in [3.05, 3.63) is 29.8 Å². The van der Waals surface area contributed by atoms with Crippen LogP contribution in [0.2, 0.25) is 0 Å². The SMILES string of the molecule is CCCN(CC)c1ccc(C(=O)NCCNCC)cc1.Cl.Cl. The highest BCUT2D eigenvalue weighted by Gasteiger charge is 2.07. The molecule has 1 rings (SSSR count). The fraction of sp³-hybridized carbons (Fsp3) is 0.562. The average Bonchev–Trinajstić information content (AvgIpc) is 2.49. The molecule has 4 nitrogen and oxygen atoms in total. The molecule has 0 aromatic heterocycles. The van der Waals surface area contributed by atoms with Gasteiger partial charge in [-0.25, -0.2) is 0 Å². The molecular weight excluding hydrogens is 321 g/mol. The van der Waals surface area contributed by atoms with Gasteiger partial charge in [0, 0.05) is 37.4 Å². The van der Waals surface area contributed by atoms with E-state index in [1.54, 1.807) is 0 Å². The van der Waals surface area contributed by atoms with E-state index in [4.69, 9.17) is 0 Å². The van der Waals surface area contributed by atoms with Crippen LogP contribution < -0.4 is 15.5 Å². The number of carbonyl (C=O) groups excluding carboxylic acids is 1. The molecular formula is C16H29Cl2N3O. The van der Waals surface area contributed by atoms with Crippen molar-refractivity contribution in [3.63, 3.8) is 0 Å². The van der Waals surface area contributed by atoms with Gasteiger partial charge in [0.25, 0.3) is 5.91 Å². The normalized spacial score (nSPS) is 9.41. The lowest BCUT2D eigenvalue weighted by atomic mass is 10.1. The van der Waals surface area contributed by atoms with Crippen LogP contribution in [0.4, 0.5) is 5.69 Å². The third-order valence-corrected chi connectivity index (χ3v) is 3.21. The third-order valence-electron chi connectivity index (χ3n) is 3.21. The molecule has 6 heteroatoms. The fourth-order valence-corrected chi connectivity index (χ4v) is 2.11. The minimum absolute atomic E-state index is 0. The van der Waals surface area contributed by atoms with Crippen LogP contribution in [0, 0.1) is 0 Å². The Hall–Kier alpha value is -0.970. The number of carbonyl (C=O) groups is 1. The predicted molar refractivity (Wildman–Crippen MR) is 100.0 cm³/mol. The predicted octanol–water partition coefficient (Wildman–Crippen LogP) is 3.11. The first kappa shape index (κ1) is 23.3. The molecule has 0 unspecified atom stereocenters. The molecule has 0 saturated carbocycles. The van der Waals surface area contributed by atoms with E-state index in [1.807, 2.05) is 24.3 Å². The zero-order valence-corrected chi connectivity index (χ0v) is 15.4. The molecule has 0 atom stereocenters. The fourth-order valence-electron chi connectivity index (χ4n) is 2.11. The molecule has 0 spiro atoms. The van der Waals surface area contributed by atoms with E-state index >= 15 is 0 Å². The number of hydrogen-bond donors (Lipinski definition) is 2. The summed E-state index contributed by atoms with van der Waals surface area (Å²) < 4.78 is 0. The molecule has 0 saturated heterocycles. The number of benzene rings is 1. The van der Waals surface area contributed by atoms with Crippen molar-refractivity contribution < 1.29 is 4.79 Å². The first-order valence-electron chi connectivity index (χ1n) is 7.56. The van der Waals surface area contributed by atoms with Crippen molar-refractivity contribution in [1.29, 1.82) is 0 Å². The number of nitrogens with zero attached hydrogens (tertiary/aromatic N) is 1. The molecule has 0 bridgehead atoms. The Labute approximate surface area is 146 Å². The van der Waals surface area contributed by atoms with Gasteiger partial charge in [-0.05, 0) is 44.2 Å². The minimum atomic E-state index is -0.00649. The van der Waals surface area contributed by atoms with Crippen molar-refractivity contribution in [2.45, 2.75) is 27.2 Å². The molecule has 1 aromatic carbocycles. The number of rotatable bonds is 9. The smallest absolute Gasteiger partial charge is 0.251 e. The summed E-state index contributed by atoms with van der Waals surface area (Å²) in [4.78, 5) is 14.2. The Morgan fingerprint density at radius 2 is 1.68 bits per heavy atom. The van der Waals surface area contributed by atoms with Crippen molar-refractivity contribution in [1.82, 2.24) is 10.6 Å². The second-order valence-corrected chi connectivity index (χ2v) is 4.74. The molecule has 0 radical (unpaired) electrons. The Kier molecular flexibility index (Phi) is 14.5. The summed E-state index contributed by atoms with van der Waals surface area (Å²) in [6, 6.07) is 7.85. The van der Waals surface area contributed by atoms with Crippen molar-refractivity contribution in [3.8, 4) is 0 Å². The van der Waals surface area contributed by atoms with E-state index in [9.17, 15) is 4.79 Å². The number of amides is 1. The first-order chi connectivity index (χ1) is 9.72. The highest BCUT2D eigenvalue weighted by Crippen LogP contribution is 2.15. The van der Waals surface area contributed by atoms with Gasteiger partial charge < -0.3 is 15.5 Å². The van der Waals surface area contributed by atoms with Gasteiger partial charge in [0.1, 0.15) is 0 Å². The van der Waals surface area contributed by atoms with Crippen molar-refractivity contribution in [2.24, 2.45) is 0 Å². The number of halogens is 2. The van der Waals surface area contributed by atoms with Crippen LogP contribution in [0.5, 0.6) is 0 Å². The summed E-state index contributed by atoms with van der Waals surface area (Å²) in [6.45, 7) is 10.8. The highest BCUT2D eigenvalue weighted by atomic mass is 35.5. The van der Waals surface area contributed by atoms with Gasteiger partial charge in [0.05, 0.1) is 0 Å². The standard InChI is InChI=1S/C16H27N3O.2ClH/c1-4-13-19(6-3)15-9-7-14(8-10-15)16(20)18-12-11-17-5-2;;/h7-10,17H,4-6,11-13H2,1-3H3,(H,18,20);2*1H. The summed E-state index contributed by atoms with van der Waals surface area (Å²) in [5, 5.41) is 6.09. The largest absolute Gasteiger partial charge is 0.372 e. The average molecular weight is 350 g/mol. The third kappa shape index (κ3) is 7.87. The number of anilines is 1. The Morgan fingerprint density at radius 1 is 1.05 bits per heavy atom. The van der Waals surface area contributed by atoms with Crippen LogP contribution in [0.15, 0.2) is 24.3 Å². The zero-order valence-electron chi connectivity index (χ0n) is 13.7. The van der Waals surface area contributed by atoms with Gasteiger partial charge in [0.2, 0.25) is 0 Å². The molecule has 0 aliphatic carbocycles. The molecule has 2 N–H and O–H groups in total. The highest BCUT2D eigenvalue weighted by molar-refractivity contribution is 5.94. The number of nitrogens with one attached hydrogen (secondary N) is 2. The van der Waals surface area contributed by atoms with Crippen LogP contribution in [-0.2, 0) is 0 Å². The molecule has 1 amide bonds. The second kappa shape index (κ2) is 13.7. The lowest BCUT2D eigenvalue weighted by Crippen LogP contribution is -2.31. The van der Waals surface area contributed by atoms with E-state index in [1.165, 1.54) is 5.69 Å². The van der Waals surface area contributed by atoms with Crippen LogP contribution in [0.25, 0.3) is 0 Å². The van der Waals surface area contributed by atoms with Gasteiger partial charge in [-0.2, -0.15) is 0 Å². The summed E-state index contributed by atoms with van der Waals surface area (Å²) in [5.74, 6) is -0.00649. The maximum Gasteiger partial charge on any atom is 0.251 e. The van der Waals surface area contributed by atoms with Gasteiger partial charge >= 0.3 is 0 Å². The summed E-state index contributed by atoms with van der Waals surface area (Å²) in [7, 11) is 0. The Morgan fingerprint density at radius 3 is 2.18 bits per heavy atom. The molecule has 22 heavy (non-hydrogen) atoms. The molecule has 128 valence electrons. The second-order valence-electron chi connectivity index (χ2n) is 4.74. The van der Waals surface area contributed by atoms with Gasteiger partial charge in [0.15, 0.2) is 0 Å². The lowest BCUT2D eigenvalue weighted by Gasteiger charge is -2.22. The zero-order chi connectivity index (χ0) is 14.8. The van der Waals surface area contributed by atoms with Gasteiger partial charge in [-0.1, -0.05) is 13.8 Å². The van der Waals surface area contributed by atoms with Crippen LogP contribution in [0.1, 0.15) is 37.6 Å². The van der Waals surface area contributed by atoms with Gasteiger partial charge in [-0.3, -0.25) is 4.79 Å². The van der Waals surface area contributed by atoms with E-state index < -0.39 is 0 Å². The summed E-state index contributed by atoms with van der Waals surface area (Å²) in [6.07, 6.45) is 1.13. The summed E-state index contributed by atoms with van der Waals surface area (Å²) >= 11 is 0. The minimum Gasteiger partial charge on any atom is -0.372 e. The van der Waals surface area contributed by atoms with E-state index in [-0.39, 0.29) is 30.7 Å². The molecule has 0 fully saturated rings. The maximum atomic E-state index is 11.9. The first-order valence-corrected chi connectivity index (χ1v) is 7.56. The molecule has 0 aliphatic heterocycles. The molecule has 0 aliphatic rings.